The Bertz CT molecular complexity index is 974. The van der Waals surface area contributed by atoms with Crippen molar-refractivity contribution in [2.75, 3.05) is 18.5 Å². The van der Waals surface area contributed by atoms with Crippen LogP contribution in [0.2, 0.25) is 0 Å². The van der Waals surface area contributed by atoms with Gasteiger partial charge in [-0.1, -0.05) is 6.07 Å². The van der Waals surface area contributed by atoms with Gasteiger partial charge in [0, 0.05) is 11.3 Å². The van der Waals surface area contributed by atoms with Crippen molar-refractivity contribution in [3.8, 4) is 0 Å². The first-order chi connectivity index (χ1) is 14.9. The minimum absolute atomic E-state index is 0.123. The maximum atomic E-state index is 12.6. The summed E-state index contributed by atoms with van der Waals surface area (Å²) in [6, 6.07) is 7.11. The molecule has 0 aliphatic rings. The van der Waals surface area contributed by atoms with Crippen molar-refractivity contribution in [2.24, 2.45) is 0 Å². The fraction of sp³-hybridized carbons (Fsp3) is 0.211. The van der Waals surface area contributed by atoms with Crippen molar-refractivity contribution in [3.05, 3.63) is 65.2 Å². The summed E-state index contributed by atoms with van der Waals surface area (Å²) in [5, 5.41) is 2.17. The molecule has 0 aliphatic carbocycles. The Morgan fingerprint density at radius 3 is 1.94 bits per heavy atom. The van der Waals surface area contributed by atoms with E-state index in [1.165, 1.54) is 6.07 Å². The van der Waals surface area contributed by atoms with Gasteiger partial charge < -0.3 is 10.1 Å². The predicted octanol–water partition coefficient (Wildman–Crippen LogP) is 3.14. The lowest BCUT2D eigenvalue weighted by Crippen LogP contribution is -2.43. The minimum atomic E-state index is -4.58. The fourth-order valence-corrected chi connectivity index (χ4v) is 2.25. The highest BCUT2D eigenvalue weighted by atomic mass is 19.4. The van der Waals surface area contributed by atoms with Gasteiger partial charge in [-0.05, 0) is 42.5 Å². The number of alkyl halides is 6. The molecule has 7 nitrogen and oxygen atoms in total. The van der Waals surface area contributed by atoms with Gasteiger partial charge in [-0.25, -0.2) is 0 Å². The molecule has 0 heterocycles. The van der Waals surface area contributed by atoms with Crippen molar-refractivity contribution in [1.29, 1.82) is 0 Å². The molecule has 13 heteroatoms. The molecule has 3 amide bonds. The first-order valence-electron chi connectivity index (χ1n) is 8.67. The van der Waals surface area contributed by atoms with Crippen LogP contribution >= 0.6 is 0 Å². The van der Waals surface area contributed by atoms with Crippen molar-refractivity contribution in [1.82, 2.24) is 10.9 Å². The summed E-state index contributed by atoms with van der Waals surface area (Å²) in [4.78, 5) is 35.1. The van der Waals surface area contributed by atoms with Crippen LogP contribution in [0.5, 0.6) is 0 Å². The topological polar surface area (TPSA) is 96.5 Å². The molecular formula is C19H15F6N3O4. The molecule has 0 bridgehead atoms. The lowest BCUT2D eigenvalue weighted by atomic mass is 10.1. The van der Waals surface area contributed by atoms with Crippen molar-refractivity contribution in [2.45, 2.75) is 12.4 Å². The molecule has 0 aromatic heterocycles. The standard InChI is InChI=1S/C19H15F6N3O4/c20-18(21,22)12-6-4-11(5-7-12)17(31)28-27-16(30)10-32-9-15(29)26-14-3-1-2-13(8-14)19(23,24)25/h1-8H,9-10H2,(H,26,29)(H,27,30)(H,28,31). The van der Waals surface area contributed by atoms with E-state index < -0.39 is 54.4 Å². The normalized spacial score (nSPS) is 11.6. The van der Waals surface area contributed by atoms with Crippen molar-refractivity contribution in [3.63, 3.8) is 0 Å². The minimum Gasteiger partial charge on any atom is -0.362 e. The Morgan fingerprint density at radius 1 is 0.750 bits per heavy atom. The summed E-state index contributed by atoms with van der Waals surface area (Å²) < 4.78 is 80.2. The first-order valence-corrected chi connectivity index (χ1v) is 8.67. The number of anilines is 1. The number of halogens is 6. The highest BCUT2D eigenvalue weighted by Crippen LogP contribution is 2.31. The largest absolute Gasteiger partial charge is 0.416 e. The van der Waals surface area contributed by atoms with E-state index in [9.17, 15) is 40.7 Å². The third kappa shape index (κ3) is 7.58. The molecule has 2 rings (SSSR count). The second kappa shape index (κ2) is 10.1. The van der Waals surface area contributed by atoms with Crippen molar-refractivity contribution < 1.29 is 45.5 Å². The summed E-state index contributed by atoms with van der Waals surface area (Å²) >= 11 is 0. The summed E-state index contributed by atoms with van der Waals surface area (Å²) in [5.74, 6) is -2.61. The van der Waals surface area contributed by atoms with Crippen LogP contribution in [0.25, 0.3) is 0 Å². The molecule has 2 aromatic rings. The number of ether oxygens (including phenoxy) is 1. The van der Waals surface area contributed by atoms with E-state index in [4.69, 9.17) is 4.74 Å². The molecule has 0 spiro atoms. The Hall–Kier alpha value is -3.61. The number of nitrogens with one attached hydrogen (secondary N) is 3. The molecule has 2 aromatic carbocycles. The summed E-state index contributed by atoms with van der Waals surface area (Å²) in [5.41, 5.74) is 1.69. The van der Waals surface area contributed by atoms with Crippen LogP contribution in [0, 0.1) is 0 Å². The third-order valence-electron chi connectivity index (χ3n) is 3.73. The maximum absolute atomic E-state index is 12.6. The van der Waals surface area contributed by atoms with E-state index in [2.05, 4.69) is 5.32 Å². The molecule has 0 saturated heterocycles. The number of benzene rings is 2. The molecule has 0 aliphatic heterocycles. The average Bonchev–Trinajstić information content (AvgIpc) is 2.71. The van der Waals surface area contributed by atoms with Gasteiger partial charge in [0.25, 0.3) is 11.8 Å². The van der Waals surface area contributed by atoms with E-state index in [0.29, 0.717) is 12.1 Å². The van der Waals surface area contributed by atoms with Crippen LogP contribution in [0.1, 0.15) is 21.5 Å². The number of carbonyl (C=O) groups excluding carboxylic acids is 3. The quantitative estimate of drug-likeness (QED) is 0.453. The molecule has 172 valence electrons. The molecule has 0 atom stereocenters. The Morgan fingerprint density at radius 2 is 1.34 bits per heavy atom. The Kier molecular flexibility index (Phi) is 7.81. The van der Waals surface area contributed by atoms with Gasteiger partial charge in [0.2, 0.25) is 5.91 Å². The van der Waals surface area contributed by atoms with Crippen LogP contribution in [0.3, 0.4) is 0 Å². The fourth-order valence-electron chi connectivity index (χ4n) is 2.25. The predicted molar refractivity (Wildman–Crippen MR) is 97.9 cm³/mol. The van der Waals surface area contributed by atoms with Gasteiger partial charge in [-0.3, -0.25) is 25.2 Å². The average molecular weight is 463 g/mol. The van der Waals surface area contributed by atoms with Crippen LogP contribution in [-0.4, -0.2) is 30.9 Å². The molecule has 0 saturated carbocycles. The second-order valence-electron chi connectivity index (χ2n) is 6.20. The molecule has 0 unspecified atom stereocenters. The number of hydrogen-bond acceptors (Lipinski definition) is 4. The lowest BCUT2D eigenvalue weighted by Gasteiger charge is -2.11. The van der Waals surface area contributed by atoms with Crippen LogP contribution in [0.15, 0.2) is 48.5 Å². The molecule has 0 radical (unpaired) electrons. The Balaban J connectivity index is 1.73. The lowest BCUT2D eigenvalue weighted by molar-refractivity contribution is -0.138. The van der Waals surface area contributed by atoms with E-state index in [-0.39, 0.29) is 11.3 Å². The highest BCUT2D eigenvalue weighted by molar-refractivity contribution is 5.95. The van der Waals surface area contributed by atoms with Gasteiger partial charge in [-0.2, -0.15) is 26.3 Å². The van der Waals surface area contributed by atoms with Gasteiger partial charge in [0.05, 0.1) is 11.1 Å². The smallest absolute Gasteiger partial charge is 0.362 e. The summed E-state index contributed by atoms with van der Waals surface area (Å²) in [6.07, 6.45) is -9.14. The first kappa shape index (κ1) is 24.7. The van der Waals surface area contributed by atoms with E-state index in [1.807, 2.05) is 10.9 Å². The molecule has 32 heavy (non-hydrogen) atoms. The number of carbonyl (C=O) groups is 3. The number of rotatable bonds is 6. The van der Waals surface area contributed by atoms with Gasteiger partial charge in [0.15, 0.2) is 0 Å². The number of hydrogen-bond donors (Lipinski definition) is 3. The van der Waals surface area contributed by atoms with E-state index in [0.717, 1.165) is 30.3 Å². The zero-order valence-corrected chi connectivity index (χ0v) is 15.9. The van der Waals surface area contributed by atoms with E-state index in [1.54, 1.807) is 0 Å². The zero-order chi connectivity index (χ0) is 23.9. The molecular weight excluding hydrogens is 448 g/mol. The van der Waals surface area contributed by atoms with Crippen LogP contribution in [0.4, 0.5) is 32.0 Å². The monoisotopic (exact) mass is 463 g/mol. The zero-order valence-electron chi connectivity index (χ0n) is 15.9. The third-order valence-corrected chi connectivity index (χ3v) is 3.73. The van der Waals surface area contributed by atoms with E-state index >= 15 is 0 Å². The number of amides is 3. The SMILES string of the molecule is O=C(COCC(=O)Nc1cccc(C(F)(F)F)c1)NNC(=O)c1ccc(C(F)(F)F)cc1. The van der Waals surface area contributed by atoms with Gasteiger partial charge in [0.1, 0.15) is 13.2 Å². The van der Waals surface area contributed by atoms with Crippen LogP contribution in [-0.2, 0) is 26.7 Å². The highest BCUT2D eigenvalue weighted by Gasteiger charge is 2.31. The van der Waals surface area contributed by atoms with Gasteiger partial charge >= 0.3 is 12.4 Å². The second-order valence-corrected chi connectivity index (χ2v) is 6.20. The van der Waals surface area contributed by atoms with Crippen molar-refractivity contribution >= 4 is 23.4 Å². The maximum Gasteiger partial charge on any atom is 0.416 e. The molecule has 3 N–H and O–H groups in total. The Labute approximate surface area is 176 Å². The van der Waals surface area contributed by atoms with Gasteiger partial charge in [-0.15, -0.1) is 0 Å². The summed E-state index contributed by atoms with van der Waals surface area (Å²) in [7, 11) is 0. The summed E-state index contributed by atoms with van der Waals surface area (Å²) in [6.45, 7) is -1.36. The number of hydrazine groups is 1. The molecule has 0 fully saturated rings. The van der Waals surface area contributed by atoms with Crippen LogP contribution < -0.4 is 16.2 Å².